The summed E-state index contributed by atoms with van der Waals surface area (Å²) in [5.74, 6) is 0.207. The van der Waals surface area contributed by atoms with E-state index in [0.29, 0.717) is 17.0 Å². The summed E-state index contributed by atoms with van der Waals surface area (Å²) in [5.41, 5.74) is 8.50. The number of nitrogens with zero attached hydrogens (tertiary/aromatic N) is 1. The number of aryl methyl sites for hydroxylation is 1. The second-order valence-electron chi connectivity index (χ2n) is 4.40. The fraction of sp³-hybridized carbons (Fsp3) is 0.333. The zero-order valence-corrected chi connectivity index (χ0v) is 10.2. The van der Waals surface area contributed by atoms with Crippen molar-refractivity contribution in [2.24, 2.45) is 0 Å². The van der Waals surface area contributed by atoms with Crippen molar-refractivity contribution in [3.63, 3.8) is 0 Å². The fourth-order valence-electron chi connectivity index (χ4n) is 1.82. The Morgan fingerprint density at radius 2 is 2.18 bits per heavy atom. The van der Waals surface area contributed by atoms with Crippen molar-refractivity contribution in [3.05, 3.63) is 23.3 Å². The molecule has 0 bridgehead atoms. The number of aromatic nitrogens is 2. The van der Waals surface area contributed by atoms with Gasteiger partial charge in [-0.3, -0.25) is 4.79 Å². The van der Waals surface area contributed by atoms with E-state index in [9.17, 15) is 4.79 Å². The Labute approximate surface area is 99.4 Å². The molecular weight excluding hydrogens is 216 g/mol. The standard InChI is InChI=1S/C12H16N4O/c1-6(2)14-11(17)9-7(3)4-5-8-10(9)16-12(13)15-8/h4-6H,1-3H3,(H,14,17)(H3,13,15,16). The third-order valence-electron chi connectivity index (χ3n) is 2.53. The molecule has 17 heavy (non-hydrogen) atoms. The van der Waals surface area contributed by atoms with Crippen molar-refractivity contribution in [1.29, 1.82) is 0 Å². The number of fused-ring (bicyclic) bond motifs is 1. The van der Waals surface area contributed by atoms with Crippen LogP contribution >= 0.6 is 0 Å². The molecule has 0 spiro atoms. The molecule has 0 aliphatic heterocycles. The monoisotopic (exact) mass is 232 g/mol. The molecule has 1 aromatic heterocycles. The zero-order valence-electron chi connectivity index (χ0n) is 10.2. The van der Waals surface area contributed by atoms with E-state index in [0.717, 1.165) is 11.1 Å². The van der Waals surface area contributed by atoms with Crippen LogP contribution in [-0.2, 0) is 0 Å². The maximum absolute atomic E-state index is 12.1. The Balaban J connectivity index is 2.58. The van der Waals surface area contributed by atoms with E-state index in [1.807, 2.05) is 32.9 Å². The van der Waals surface area contributed by atoms with Crippen LogP contribution in [0.15, 0.2) is 12.1 Å². The number of carbonyl (C=O) groups is 1. The lowest BCUT2D eigenvalue weighted by Gasteiger charge is -2.10. The third kappa shape index (κ3) is 2.08. The second-order valence-corrected chi connectivity index (χ2v) is 4.40. The molecule has 5 heteroatoms. The Morgan fingerprint density at radius 3 is 2.82 bits per heavy atom. The van der Waals surface area contributed by atoms with E-state index in [1.165, 1.54) is 0 Å². The lowest BCUT2D eigenvalue weighted by molar-refractivity contribution is 0.0944. The minimum atomic E-state index is -0.116. The Kier molecular flexibility index (Phi) is 2.75. The van der Waals surface area contributed by atoms with Crippen LogP contribution in [0, 0.1) is 6.92 Å². The summed E-state index contributed by atoms with van der Waals surface area (Å²) in [6.45, 7) is 5.73. The smallest absolute Gasteiger partial charge is 0.254 e. The summed E-state index contributed by atoms with van der Waals surface area (Å²) < 4.78 is 0. The van der Waals surface area contributed by atoms with Gasteiger partial charge in [0.15, 0.2) is 5.95 Å². The van der Waals surface area contributed by atoms with Gasteiger partial charge in [0, 0.05) is 6.04 Å². The summed E-state index contributed by atoms with van der Waals surface area (Å²) >= 11 is 0. The van der Waals surface area contributed by atoms with Gasteiger partial charge in [0.25, 0.3) is 5.91 Å². The first kappa shape index (κ1) is 11.4. The number of imidazole rings is 1. The Morgan fingerprint density at radius 1 is 1.47 bits per heavy atom. The molecule has 1 heterocycles. The van der Waals surface area contributed by atoms with E-state index < -0.39 is 0 Å². The molecule has 1 amide bonds. The highest BCUT2D eigenvalue weighted by Gasteiger charge is 2.16. The minimum Gasteiger partial charge on any atom is -0.369 e. The average Bonchev–Trinajstić information content (AvgIpc) is 2.56. The van der Waals surface area contributed by atoms with Gasteiger partial charge >= 0.3 is 0 Å². The Bertz CT molecular complexity index is 571. The van der Waals surface area contributed by atoms with Crippen LogP contribution in [0.5, 0.6) is 0 Å². The van der Waals surface area contributed by atoms with Gasteiger partial charge in [-0.05, 0) is 32.4 Å². The molecule has 0 aliphatic rings. The summed E-state index contributed by atoms with van der Waals surface area (Å²) in [6, 6.07) is 3.85. The average molecular weight is 232 g/mol. The normalized spacial score (nSPS) is 11.1. The topological polar surface area (TPSA) is 83.8 Å². The predicted octanol–water partition coefficient (Wildman–Crippen LogP) is 1.59. The molecule has 0 unspecified atom stereocenters. The van der Waals surface area contributed by atoms with Crippen molar-refractivity contribution in [2.75, 3.05) is 5.73 Å². The molecule has 0 fully saturated rings. The van der Waals surface area contributed by atoms with E-state index >= 15 is 0 Å². The Hall–Kier alpha value is -2.04. The van der Waals surface area contributed by atoms with Crippen molar-refractivity contribution >= 4 is 22.9 Å². The van der Waals surface area contributed by atoms with Gasteiger partial charge in [-0.25, -0.2) is 4.98 Å². The molecule has 0 saturated heterocycles. The number of hydrogen-bond acceptors (Lipinski definition) is 3. The first-order valence-electron chi connectivity index (χ1n) is 5.54. The van der Waals surface area contributed by atoms with Crippen molar-refractivity contribution in [2.45, 2.75) is 26.8 Å². The molecule has 5 nitrogen and oxygen atoms in total. The fourth-order valence-corrected chi connectivity index (χ4v) is 1.82. The number of nitrogens with one attached hydrogen (secondary N) is 2. The van der Waals surface area contributed by atoms with Crippen LogP contribution in [0.25, 0.3) is 11.0 Å². The molecule has 90 valence electrons. The van der Waals surface area contributed by atoms with Gasteiger partial charge in [0.05, 0.1) is 11.1 Å². The molecule has 0 saturated carbocycles. The first-order chi connectivity index (χ1) is 7.99. The highest BCUT2D eigenvalue weighted by molar-refractivity contribution is 6.06. The lowest BCUT2D eigenvalue weighted by atomic mass is 10.1. The van der Waals surface area contributed by atoms with E-state index in [1.54, 1.807) is 0 Å². The van der Waals surface area contributed by atoms with E-state index in [2.05, 4.69) is 15.3 Å². The van der Waals surface area contributed by atoms with Crippen LogP contribution in [0.4, 0.5) is 5.95 Å². The number of aromatic amines is 1. The van der Waals surface area contributed by atoms with Gasteiger partial charge in [0.2, 0.25) is 0 Å². The number of amides is 1. The number of hydrogen-bond donors (Lipinski definition) is 3. The van der Waals surface area contributed by atoms with Crippen molar-refractivity contribution in [3.8, 4) is 0 Å². The van der Waals surface area contributed by atoms with Crippen LogP contribution in [-0.4, -0.2) is 21.9 Å². The molecular formula is C12H16N4O. The SMILES string of the molecule is Cc1ccc2[nH]c(N)nc2c1C(=O)NC(C)C. The molecule has 2 rings (SSSR count). The van der Waals surface area contributed by atoms with Crippen LogP contribution < -0.4 is 11.1 Å². The van der Waals surface area contributed by atoms with Gasteiger partial charge in [-0.15, -0.1) is 0 Å². The van der Waals surface area contributed by atoms with Gasteiger partial charge < -0.3 is 16.0 Å². The number of nitrogens with two attached hydrogens (primary N) is 1. The lowest BCUT2D eigenvalue weighted by Crippen LogP contribution is -2.30. The molecule has 0 aliphatic carbocycles. The maximum atomic E-state index is 12.1. The second kappa shape index (κ2) is 4.08. The number of rotatable bonds is 2. The van der Waals surface area contributed by atoms with Crippen LogP contribution in [0.1, 0.15) is 29.8 Å². The number of H-pyrrole nitrogens is 1. The van der Waals surface area contributed by atoms with E-state index in [4.69, 9.17) is 5.73 Å². The number of carbonyl (C=O) groups excluding carboxylic acids is 1. The van der Waals surface area contributed by atoms with Crippen molar-refractivity contribution < 1.29 is 4.79 Å². The highest BCUT2D eigenvalue weighted by Crippen LogP contribution is 2.21. The van der Waals surface area contributed by atoms with Crippen molar-refractivity contribution in [1.82, 2.24) is 15.3 Å². The molecule has 0 atom stereocenters. The van der Waals surface area contributed by atoms with Crippen LogP contribution in [0.2, 0.25) is 0 Å². The molecule has 4 N–H and O–H groups in total. The minimum absolute atomic E-state index is 0.0912. The zero-order chi connectivity index (χ0) is 12.6. The molecule has 2 aromatic rings. The summed E-state index contributed by atoms with van der Waals surface area (Å²) in [5, 5.41) is 2.87. The number of anilines is 1. The highest BCUT2D eigenvalue weighted by atomic mass is 16.1. The predicted molar refractivity (Wildman–Crippen MR) is 67.8 cm³/mol. The third-order valence-corrected chi connectivity index (χ3v) is 2.53. The number of benzene rings is 1. The van der Waals surface area contributed by atoms with Gasteiger partial charge in [-0.2, -0.15) is 0 Å². The van der Waals surface area contributed by atoms with Gasteiger partial charge in [0.1, 0.15) is 5.52 Å². The largest absolute Gasteiger partial charge is 0.369 e. The van der Waals surface area contributed by atoms with Crippen LogP contribution in [0.3, 0.4) is 0 Å². The summed E-state index contributed by atoms with van der Waals surface area (Å²) in [4.78, 5) is 19.2. The molecule has 0 radical (unpaired) electrons. The summed E-state index contributed by atoms with van der Waals surface area (Å²) in [7, 11) is 0. The van der Waals surface area contributed by atoms with Gasteiger partial charge in [-0.1, -0.05) is 6.07 Å². The van der Waals surface area contributed by atoms with E-state index in [-0.39, 0.29) is 11.9 Å². The molecule has 1 aromatic carbocycles. The first-order valence-corrected chi connectivity index (χ1v) is 5.54. The quantitative estimate of drug-likeness (QED) is 0.735. The maximum Gasteiger partial charge on any atom is 0.254 e. The number of nitrogen functional groups attached to an aromatic ring is 1. The summed E-state index contributed by atoms with van der Waals surface area (Å²) in [6.07, 6.45) is 0.